The van der Waals surface area contributed by atoms with Gasteiger partial charge in [0.25, 0.3) is 0 Å². The zero-order chi connectivity index (χ0) is 17.2. The van der Waals surface area contributed by atoms with Gasteiger partial charge in [-0.3, -0.25) is 4.79 Å². The normalized spacial score (nSPS) is 11.8. The minimum Gasteiger partial charge on any atom is -0.375 e. The van der Waals surface area contributed by atoms with Crippen molar-refractivity contribution in [3.63, 3.8) is 0 Å². The maximum Gasteiger partial charge on any atom is 0.237 e. The van der Waals surface area contributed by atoms with E-state index in [1.165, 1.54) is 5.69 Å². The lowest BCUT2D eigenvalue weighted by Crippen LogP contribution is -2.42. The van der Waals surface area contributed by atoms with Crippen LogP contribution in [0, 0.1) is 0 Å². The van der Waals surface area contributed by atoms with Gasteiger partial charge in [0.15, 0.2) is 0 Å². The molecule has 128 valence electrons. The maximum absolute atomic E-state index is 12.0. The van der Waals surface area contributed by atoms with Crippen LogP contribution in [0.3, 0.4) is 0 Å². The molecule has 0 spiro atoms. The number of nitrogens with two attached hydrogens (primary N) is 1. The molecule has 2 aromatic rings. The molecule has 0 fully saturated rings. The van der Waals surface area contributed by atoms with Gasteiger partial charge in [-0.25, -0.2) is 0 Å². The molecule has 0 saturated heterocycles. The van der Waals surface area contributed by atoms with E-state index < -0.39 is 6.04 Å². The largest absolute Gasteiger partial charge is 0.375 e. The first-order chi connectivity index (χ1) is 11.7. The Kier molecular flexibility index (Phi) is 7.30. The number of benzene rings is 2. The number of nitrogens with one attached hydrogen (secondary N) is 1. The molecular formula is C20H27N3O. The van der Waals surface area contributed by atoms with E-state index in [9.17, 15) is 4.79 Å². The van der Waals surface area contributed by atoms with Gasteiger partial charge in [-0.15, -0.1) is 0 Å². The highest BCUT2D eigenvalue weighted by Gasteiger charge is 2.13. The highest BCUT2D eigenvalue weighted by molar-refractivity contribution is 5.81. The Morgan fingerprint density at radius 3 is 2.33 bits per heavy atom. The molecule has 4 nitrogen and oxygen atoms in total. The van der Waals surface area contributed by atoms with Gasteiger partial charge in [0.2, 0.25) is 5.91 Å². The first-order valence-corrected chi connectivity index (χ1v) is 8.50. The Morgan fingerprint density at radius 2 is 1.67 bits per heavy atom. The summed E-state index contributed by atoms with van der Waals surface area (Å²) in [7, 11) is 2.09. The number of hydrogen-bond acceptors (Lipinski definition) is 3. The first kappa shape index (κ1) is 18.0. The zero-order valence-electron chi connectivity index (χ0n) is 14.3. The van der Waals surface area contributed by atoms with Crippen LogP contribution in [0.25, 0.3) is 0 Å². The second-order valence-electron chi connectivity index (χ2n) is 6.05. The molecule has 0 radical (unpaired) electrons. The van der Waals surface area contributed by atoms with E-state index in [0.29, 0.717) is 13.0 Å². The van der Waals surface area contributed by atoms with Crippen molar-refractivity contribution in [3.8, 4) is 0 Å². The van der Waals surface area contributed by atoms with Gasteiger partial charge in [0.1, 0.15) is 0 Å². The fourth-order valence-electron chi connectivity index (χ4n) is 2.59. The molecular weight excluding hydrogens is 298 g/mol. The molecule has 0 aromatic heterocycles. The van der Waals surface area contributed by atoms with Crippen LogP contribution < -0.4 is 16.0 Å². The third kappa shape index (κ3) is 6.05. The Labute approximate surface area is 144 Å². The Bertz CT molecular complexity index is 601. The molecule has 0 aliphatic heterocycles. The lowest BCUT2D eigenvalue weighted by atomic mass is 10.1. The highest BCUT2D eigenvalue weighted by atomic mass is 16.2. The molecule has 0 aliphatic carbocycles. The van der Waals surface area contributed by atoms with Crippen molar-refractivity contribution < 1.29 is 4.79 Å². The SMILES string of the molecule is CN(CCCCNC(=O)C(N)Cc1ccccc1)c1ccccc1. The standard InChI is InChI=1S/C20H27N3O/c1-23(18-12-6-3-7-13-18)15-9-8-14-22-20(24)19(21)16-17-10-4-2-5-11-17/h2-7,10-13,19H,8-9,14-16,21H2,1H3,(H,22,24). The van der Waals surface area contributed by atoms with Crippen molar-refractivity contribution in [2.24, 2.45) is 5.73 Å². The van der Waals surface area contributed by atoms with E-state index in [2.05, 4.69) is 29.4 Å². The van der Waals surface area contributed by atoms with Gasteiger partial charge in [-0.05, 0) is 37.0 Å². The number of rotatable bonds is 9. The van der Waals surface area contributed by atoms with E-state index in [0.717, 1.165) is 24.9 Å². The number of carbonyl (C=O) groups is 1. The zero-order valence-corrected chi connectivity index (χ0v) is 14.3. The van der Waals surface area contributed by atoms with E-state index in [1.807, 2.05) is 48.5 Å². The molecule has 4 heteroatoms. The summed E-state index contributed by atoms with van der Waals surface area (Å²) < 4.78 is 0. The number of amides is 1. The summed E-state index contributed by atoms with van der Waals surface area (Å²) in [5.74, 6) is -0.0738. The lowest BCUT2D eigenvalue weighted by molar-refractivity contribution is -0.122. The molecule has 1 unspecified atom stereocenters. The van der Waals surface area contributed by atoms with Gasteiger partial charge in [0.05, 0.1) is 6.04 Å². The molecule has 1 atom stereocenters. The molecule has 0 aliphatic rings. The summed E-state index contributed by atoms with van der Waals surface area (Å²) in [6.07, 6.45) is 2.55. The van der Waals surface area contributed by atoms with Crippen molar-refractivity contribution in [1.29, 1.82) is 0 Å². The molecule has 2 rings (SSSR count). The third-order valence-electron chi connectivity index (χ3n) is 4.05. The summed E-state index contributed by atoms with van der Waals surface area (Å²) in [5.41, 5.74) is 8.27. The molecule has 24 heavy (non-hydrogen) atoms. The fourth-order valence-corrected chi connectivity index (χ4v) is 2.59. The lowest BCUT2D eigenvalue weighted by Gasteiger charge is -2.19. The summed E-state index contributed by atoms with van der Waals surface area (Å²) in [4.78, 5) is 14.2. The van der Waals surface area contributed by atoms with E-state index in [1.54, 1.807) is 0 Å². The molecule has 3 N–H and O–H groups in total. The molecule has 1 amide bonds. The van der Waals surface area contributed by atoms with E-state index >= 15 is 0 Å². The summed E-state index contributed by atoms with van der Waals surface area (Å²) in [6.45, 7) is 1.64. The second kappa shape index (κ2) is 9.73. The van der Waals surface area contributed by atoms with Crippen LogP contribution >= 0.6 is 0 Å². The summed E-state index contributed by atoms with van der Waals surface area (Å²) in [5, 5.41) is 2.93. The van der Waals surface area contributed by atoms with Crippen molar-refractivity contribution >= 4 is 11.6 Å². The Balaban J connectivity index is 1.60. The third-order valence-corrected chi connectivity index (χ3v) is 4.05. The molecule has 2 aromatic carbocycles. The molecule has 0 heterocycles. The van der Waals surface area contributed by atoms with Crippen molar-refractivity contribution in [2.45, 2.75) is 25.3 Å². The van der Waals surface area contributed by atoms with Crippen molar-refractivity contribution in [1.82, 2.24) is 5.32 Å². The first-order valence-electron chi connectivity index (χ1n) is 8.50. The Morgan fingerprint density at radius 1 is 1.04 bits per heavy atom. The van der Waals surface area contributed by atoms with E-state index in [4.69, 9.17) is 5.73 Å². The fraction of sp³-hybridized carbons (Fsp3) is 0.350. The highest BCUT2D eigenvalue weighted by Crippen LogP contribution is 2.11. The average molecular weight is 325 g/mol. The van der Waals surface area contributed by atoms with Crippen LogP contribution in [0.1, 0.15) is 18.4 Å². The molecule has 0 saturated carbocycles. The monoisotopic (exact) mass is 325 g/mol. The van der Waals surface area contributed by atoms with Gasteiger partial charge in [-0.2, -0.15) is 0 Å². The van der Waals surface area contributed by atoms with Gasteiger partial charge < -0.3 is 16.0 Å². The van der Waals surface area contributed by atoms with Gasteiger partial charge in [-0.1, -0.05) is 48.5 Å². The average Bonchev–Trinajstić information content (AvgIpc) is 2.62. The topological polar surface area (TPSA) is 58.4 Å². The number of unbranched alkanes of at least 4 members (excludes halogenated alkanes) is 1. The quantitative estimate of drug-likeness (QED) is 0.697. The second-order valence-corrected chi connectivity index (χ2v) is 6.05. The van der Waals surface area contributed by atoms with Crippen LogP contribution in [0.4, 0.5) is 5.69 Å². The number of anilines is 1. The van der Waals surface area contributed by atoms with Crippen molar-refractivity contribution in [3.05, 3.63) is 66.2 Å². The number of carbonyl (C=O) groups excluding carboxylic acids is 1. The maximum atomic E-state index is 12.0. The summed E-state index contributed by atoms with van der Waals surface area (Å²) >= 11 is 0. The van der Waals surface area contributed by atoms with Crippen LogP contribution in [-0.2, 0) is 11.2 Å². The van der Waals surface area contributed by atoms with E-state index in [-0.39, 0.29) is 5.91 Å². The van der Waals surface area contributed by atoms with Crippen LogP contribution in [0.5, 0.6) is 0 Å². The van der Waals surface area contributed by atoms with Crippen LogP contribution in [0.2, 0.25) is 0 Å². The van der Waals surface area contributed by atoms with Crippen LogP contribution in [-0.4, -0.2) is 32.1 Å². The Hall–Kier alpha value is -2.33. The smallest absolute Gasteiger partial charge is 0.237 e. The van der Waals surface area contributed by atoms with Crippen molar-refractivity contribution in [2.75, 3.05) is 25.0 Å². The predicted molar refractivity (Wildman–Crippen MR) is 100 cm³/mol. The number of para-hydroxylation sites is 1. The minimum atomic E-state index is -0.487. The molecule has 0 bridgehead atoms. The van der Waals surface area contributed by atoms with Gasteiger partial charge in [0, 0.05) is 25.8 Å². The minimum absolute atomic E-state index is 0.0738. The number of nitrogens with zero attached hydrogens (tertiary/aromatic N) is 1. The number of hydrogen-bond donors (Lipinski definition) is 2. The van der Waals surface area contributed by atoms with Gasteiger partial charge >= 0.3 is 0 Å². The van der Waals surface area contributed by atoms with Crippen LogP contribution in [0.15, 0.2) is 60.7 Å². The summed E-state index contributed by atoms with van der Waals surface area (Å²) in [6, 6.07) is 19.7. The predicted octanol–water partition coefficient (Wildman–Crippen LogP) is 2.59.